The number of amides is 2. The molecule has 35 heavy (non-hydrogen) atoms. The van der Waals surface area contributed by atoms with E-state index in [9.17, 15) is 19.5 Å². The third-order valence-corrected chi connectivity index (χ3v) is 6.99. The van der Waals surface area contributed by atoms with Gasteiger partial charge in [-0.3, -0.25) is 4.79 Å². The molecule has 8 nitrogen and oxygen atoms in total. The maximum Gasteiger partial charge on any atom is 0.408 e. The molecule has 0 radical (unpaired) electrons. The molecule has 2 amide bonds. The molecule has 2 aliphatic rings. The van der Waals surface area contributed by atoms with Crippen LogP contribution in [0.25, 0.3) is 11.1 Å². The molecule has 2 aromatic carbocycles. The second-order valence-electron chi connectivity index (χ2n) is 9.71. The largest absolute Gasteiger partial charge is 0.480 e. The average molecular weight is 481 g/mol. The molecule has 1 fully saturated rings. The fourth-order valence-electron chi connectivity index (χ4n) is 5.25. The molecule has 3 atom stereocenters. The highest BCUT2D eigenvalue weighted by Crippen LogP contribution is 2.44. The number of carboxylic acid groups (broad SMARTS) is 1. The molecule has 1 saturated heterocycles. The number of fused-ring (bicyclic) bond motifs is 3. The number of ether oxygens (including phenoxy) is 2. The standard InChI is InChI=1S/C27H32N2O6/c1-17-12-13-23(24(30)31)29(14-17)25(32)27(2,16-34-3)28-26(33)35-15-22-20-10-6-4-8-18(20)19-9-5-7-11-21(19)22/h4-11,17,22-23H,12-16H2,1-3H3,(H,28,33)(H,30,31). The van der Waals surface area contributed by atoms with E-state index in [0.29, 0.717) is 13.0 Å². The van der Waals surface area contributed by atoms with Crippen molar-refractivity contribution in [1.29, 1.82) is 0 Å². The van der Waals surface area contributed by atoms with E-state index in [1.165, 1.54) is 12.0 Å². The predicted octanol–water partition coefficient (Wildman–Crippen LogP) is 3.64. The number of methoxy groups -OCH3 is 1. The summed E-state index contributed by atoms with van der Waals surface area (Å²) in [5, 5.41) is 12.3. The molecule has 2 aromatic rings. The lowest BCUT2D eigenvalue weighted by molar-refractivity contribution is -0.157. The van der Waals surface area contributed by atoms with Crippen LogP contribution >= 0.6 is 0 Å². The minimum Gasteiger partial charge on any atom is -0.480 e. The van der Waals surface area contributed by atoms with Crippen LogP contribution in [0.2, 0.25) is 0 Å². The molecule has 8 heteroatoms. The number of nitrogens with zero attached hydrogens (tertiary/aromatic N) is 1. The van der Waals surface area contributed by atoms with Gasteiger partial charge in [0.2, 0.25) is 0 Å². The van der Waals surface area contributed by atoms with Crippen molar-refractivity contribution >= 4 is 18.0 Å². The van der Waals surface area contributed by atoms with Crippen molar-refractivity contribution in [3.63, 3.8) is 0 Å². The van der Waals surface area contributed by atoms with Crippen molar-refractivity contribution in [2.24, 2.45) is 5.92 Å². The number of alkyl carbamates (subject to hydrolysis) is 1. The Kier molecular flexibility index (Phi) is 7.12. The fraction of sp³-hybridized carbons (Fsp3) is 0.444. The minimum absolute atomic E-state index is 0.107. The number of hydrogen-bond donors (Lipinski definition) is 2. The summed E-state index contributed by atoms with van der Waals surface area (Å²) >= 11 is 0. The summed E-state index contributed by atoms with van der Waals surface area (Å²) in [5.74, 6) is -1.49. The second-order valence-corrected chi connectivity index (χ2v) is 9.71. The van der Waals surface area contributed by atoms with Crippen LogP contribution in [-0.2, 0) is 19.1 Å². The molecule has 3 unspecified atom stereocenters. The monoisotopic (exact) mass is 480 g/mol. The summed E-state index contributed by atoms with van der Waals surface area (Å²) in [5.41, 5.74) is 2.95. The fourth-order valence-corrected chi connectivity index (χ4v) is 5.25. The molecular weight excluding hydrogens is 448 g/mol. The number of carboxylic acids is 1. The Labute approximate surface area is 205 Å². The Morgan fingerprint density at radius 2 is 1.66 bits per heavy atom. The van der Waals surface area contributed by atoms with Gasteiger partial charge in [-0.25, -0.2) is 9.59 Å². The number of rotatable bonds is 7. The van der Waals surface area contributed by atoms with E-state index >= 15 is 0 Å². The van der Waals surface area contributed by atoms with Crippen LogP contribution in [-0.4, -0.2) is 66.4 Å². The zero-order valence-corrected chi connectivity index (χ0v) is 20.3. The molecule has 2 N–H and O–H groups in total. The number of carbonyl (C=O) groups is 3. The molecule has 1 aliphatic heterocycles. The smallest absolute Gasteiger partial charge is 0.408 e. The number of carbonyl (C=O) groups excluding carboxylic acids is 2. The zero-order chi connectivity index (χ0) is 25.2. The zero-order valence-electron chi connectivity index (χ0n) is 20.3. The first-order valence-corrected chi connectivity index (χ1v) is 11.9. The van der Waals surface area contributed by atoms with E-state index in [1.807, 2.05) is 43.3 Å². The first-order chi connectivity index (χ1) is 16.7. The summed E-state index contributed by atoms with van der Waals surface area (Å²) < 4.78 is 10.9. The molecule has 0 saturated carbocycles. The molecule has 4 rings (SSSR count). The van der Waals surface area contributed by atoms with Crippen LogP contribution in [0, 0.1) is 5.92 Å². The number of hydrogen-bond acceptors (Lipinski definition) is 5. The molecule has 186 valence electrons. The SMILES string of the molecule is COCC(C)(NC(=O)OCC1c2ccccc2-c2ccccc21)C(=O)N1CC(C)CCC1C(=O)O. The van der Waals surface area contributed by atoms with E-state index in [4.69, 9.17) is 9.47 Å². The predicted molar refractivity (Wildman–Crippen MR) is 130 cm³/mol. The van der Waals surface area contributed by atoms with Gasteiger partial charge in [-0.1, -0.05) is 55.5 Å². The van der Waals surface area contributed by atoms with Gasteiger partial charge in [-0.2, -0.15) is 0 Å². The Hall–Kier alpha value is -3.39. The lowest BCUT2D eigenvalue weighted by Crippen LogP contribution is -2.64. The average Bonchev–Trinajstić information content (AvgIpc) is 3.16. The van der Waals surface area contributed by atoms with Crippen LogP contribution in [0.15, 0.2) is 48.5 Å². The van der Waals surface area contributed by atoms with Gasteiger partial charge in [-0.15, -0.1) is 0 Å². The van der Waals surface area contributed by atoms with Crippen LogP contribution in [0.5, 0.6) is 0 Å². The third kappa shape index (κ3) is 4.89. The van der Waals surface area contributed by atoms with Gasteiger partial charge in [0.1, 0.15) is 18.2 Å². The van der Waals surface area contributed by atoms with E-state index < -0.39 is 29.6 Å². The normalized spacial score (nSPS) is 20.9. The van der Waals surface area contributed by atoms with Gasteiger partial charge >= 0.3 is 12.1 Å². The molecule has 0 aromatic heterocycles. The minimum atomic E-state index is -1.47. The van der Waals surface area contributed by atoms with Crippen molar-refractivity contribution in [3.8, 4) is 11.1 Å². The Balaban J connectivity index is 1.48. The highest BCUT2D eigenvalue weighted by molar-refractivity contribution is 5.93. The van der Waals surface area contributed by atoms with Gasteiger partial charge in [0, 0.05) is 19.6 Å². The summed E-state index contributed by atoms with van der Waals surface area (Å²) in [6.07, 6.45) is 0.342. The van der Waals surface area contributed by atoms with E-state index in [2.05, 4.69) is 17.4 Å². The Morgan fingerprint density at radius 3 is 2.23 bits per heavy atom. The van der Waals surface area contributed by atoms with Gasteiger partial charge in [0.25, 0.3) is 5.91 Å². The molecular formula is C27H32N2O6. The quantitative estimate of drug-likeness (QED) is 0.627. The lowest BCUT2D eigenvalue weighted by Gasteiger charge is -2.41. The van der Waals surface area contributed by atoms with E-state index in [0.717, 1.165) is 28.7 Å². The lowest BCUT2D eigenvalue weighted by atomic mass is 9.91. The topological polar surface area (TPSA) is 105 Å². The van der Waals surface area contributed by atoms with Crippen molar-refractivity contribution in [1.82, 2.24) is 10.2 Å². The van der Waals surface area contributed by atoms with Crippen LogP contribution in [0.1, 0.15) is 43.7 Å². The first-order valence-electron chi connectivity index (χ1n) is 11.9. The van der Waals surface area contributed by atoms with Crippen molar-refractivity contribution in [3.05, 3.63) is 59.7 Å². The van der Waals surface area contributed by atoms with Crippen LogP contribution < -0.4 is 5.32 Å². The maximum atomic E-state index is 13.5. The summed E-state index contributed by atoms with van der Waals surface area (Å²) in [6.45, 7) is 3.81. The van der Waals surface area contributed by atoms with Crippen LogP contribution in [0.3, 0.4) is 0 Å². The molecule has 0 bridgehead atoms. The van der Waals surface area contributed by atoms with Gasteiger partial charge in [0.05, 0.1) is 6.61 Å². The van der Waals surface area contributed by atoms with Gasteiger partial charge < -0.3 is 24.8 Å². The molecule has 0 spiro atoms. The summed E-state index contributed by atoms with van der Waals surface area (Å²) in [6, 6.07) is 15.1. The van der Waals surface area contributed by atoms with Crippen molar-refractivity contribution < 1.29 is 29.0 Å². The summed E-state index contributed by atoms with van der Waals surface area (Å²) in [4.78, 5) is 39.6. The van der Waals surface area contributed by atoms with E-state index in [-0.39, 0.29) is 25.0 Å². The number of aliphatic carboxylic acids is 1. The molecule has 1 heterocycles. The third-order valence-electron chi connectivity index (χ3n) is 6.99. The Morgan fingerprint density at radius 1 is 1.06 bits per heavy atom. The highest BCUT2D eigenvalue weighted by atomic mass is 16.5. The number of likely N-dealkylation sites (tertiary alicyclic amines) is 1. The van der Waals surface area contributed by atoms with Gasteiger partial charge in [0.15, 0.2) is 0 Å². The van der Waals surface area contributed by atoms with Crippen molar-refractivity contribution in [2.75, 3.05) is 26.9 Å². The van der Waals surface area contributed by atoms with Crippen molar-refractivity contribution in [2.45, 2.75) is 44.2 Å². The van der Waals surface area contributed by atoms with Crippen LogP contribution in [0.4, 0.5) is 4.79 Å². The first kappa shape index (κ1) is 24.7. The van der Waals surface area contributed by atoms with Gasteiger partial charge in [-0.05, 0) is 47.9 Å². The number of piperidine rings is 1. The highest BCUT2D eigenvalue weighted by Gasteiger charge is 2.45. The Bertz CT molecular complexity index is 1070. The summed E-state index contributed by atoms with van der Waals surface area (Å²) in [7, 11) is 1.43. The second kappa shape index (κ2) is 10.1. The molecule has 1 aliphatic carbocycles. The number of benzene rings is 2. The number of nitrogens with one attached hydrogen (secondary N) is 1. The van der Waals surface area contributed by atoms with E-state index in [1.54, 1.807) is 6.92 Å². The maximum absolute atomic E-state index is 13.5.